The molecule has 0 atom stereocenters. The average molecular weight is 246 g/mol. The fraction of sp³-hybridized carbons (Fsp3) is 0.625. The molecule has 0 radical (unpaired) electrons. The molecule has 2 nitrogen and oxygen atoms in total. The van der Waals surface area contributed by atoms with Crippen molar-refractivity contribution in [1.29, 1.82) is 0 Å². The number of benzene rings is 1. The van der Waals surface area contributed by atoms with E-state index in [9.17, 15) is 0 Å². The van der Waals surface area contributed by atoms with E-state index in [0.717, 1.165) is 6.04 Å². The van der Waals surface area contributed by atoms with E-state index in [2.05, 4.69) is 54.2 Å². The first-order valence-corrected chi connectivity index (χ1v) is 7.18. The Balaban J connectivity index is 1.67. The summed E-state index contributed by atoms with van der Waals surface area (Å²) in [5, 5.41) is 0. The van der Waals surface area contributed by atoms with E-state index in [1.165, 1.54) is 50.9 Å². The zero-order valence-electron chi connectivity index (χ0n) is 11.8. The minimum absolute atomic E-state index is 0.803. The Kier molecular flexibility index (Phi) is 5.21. The first kappa shape index (κ1) is 13.6. The van der Waals surface area contributed by atoms with Gasteiger partial charge in [0, 0.05) is 6.04 Å². The van der Waals surface area contributed by atoms with Crippen LogP contribution in [0.25, 0.3) is 0 Å². The standard InChI is InChI=1S/C16H26N2/c1-17-13-10-16(11-14-17)18(2)12-6-9-15-7-4-3-5-8-15/h3-5,7-8,16H,6,9-14H2,1-2H3. The molecule has 2 heteroatoms. The Bertz CT molecular complexity index is 328. The van der Waals surface area contributed by atoms with Crippen LogP contribution < -0.4 is 0 Å². The third-order valence-electron chi connectivity index (χ3n) is 4.13. The van der Waals surface area contributed by atoms with Crippen LogP contribution in [0.4, 0.5) is 0 Å². The maximum Gasteiger partial charge on any atom is 0.0117 e. The van der Waals surface area contributed by atoms with E-state index >= 15 is 0 Å². The predicted octanol–water partition coefficient (Wildman–Crippen LogP) is 2.65. The van der Waals surface area contributed by atoms with E-state index in [1.807, 2.05) is 0 Å². The monoisotopic (exact) mass is 246 g/mol. The molecule has 0 aromatic heterocycles. The second-order valence-electron chi connectivity index (χ2n) is 5.60. The summed E-state index contributed by atoms with van der Waals surface area (Å²) >= 11 is 0. The van der Waals surface area contributed by atoms with Crippen molar-refractivity contribution in [1.82, 2.24) is 9.80 Å². The van der Waals surface area contributed by atoms with Gasteiger partial charge >= 0.3 is 0 Å². The number of hydrogen-bond donors (Lipinski definition) is 0. The van der Waals surface area contributed by atoms with Crippen LogP contribution in [0.5, 0.6) is 0 Å². The van der Waals surface area contributed by atoms with Crippen molar-refractivity contribution in [3.63, 3.8) is 0 Å². The average Bonchev–Trinajstić information content (AvgIpc) is 2.40. The third-order valence-corrected chi connectivity index (χ3v) is 4.13. The lowest BCUT2D eigenvalue weighted by Crippen LogP contribution is -2.42. The molecule has 0 amide bonds. The minimum Gasteiger partial charge on any atom is -0.306 e. The molecule has 0 N–H and O–H groups in total. The Morgan fingerprint density at radius 3 is 2.50 bits per heavy atom. The highest BCUT2D eigenvalue weighted by Crippen LogP contribution is 2.14. The highest BCUT2D eigenvalue weighted by Gasteiger charge is 2.19. The zero-order chi connectivity index (χ0) is 12.8. The van der Waals surface area contributed by atoms with Gasteiger partial charge in [-0.25, -0.2) is 0 Å². The van der Waals surface area contributed by atoms with Crippen LogP contribution in [0.2, 0.25) is 0 Å². The number of nitrogens with zero attached hydrogens (tertiary/aromatic N) is 2. The Morgan fingerprint density at radius 2 is 1.83 bits per heavy atom. The van der Waals surface area contributed by atoms with Gasteiger partial charge in [-0.2, -0.15) is 0 Å². The molecule has 0 saturated carbocycles. The smallest absolute Gasteiger partial charge is 0.0117 e. The van der Waals surface area contributed by atoms with Crippen molar-refractivity contribution >= 4 is 0 Å². The van der Waals surface area contributed by atoms with Gasteiger partial charge in [-0.3, -0.25) is 0 Å². The molecule has 1 fully saturated rings. The van der Waals surface area contributed by atoms with Crippen LogP contribution in [0.1, 0.15) is 24.8 Å². The highest BCUT2D eigenvalue weighted by atomic mass is 15.2. The number of hydrogen-bond acceptors (Lipinski definition) is 2. The molecule has 1 aromatic rings. The van der Waals surface area contributed by atoms with Crippen LogP contribution in [0.15, 0.2) is 30.3 Å². The lowest BCUT2D eigenvalue weighted by molar-refractivity contribution is 0.143. The maximum atomic E-state index is 2.57. The molecular formula is C16H26N2. The maximum absolute atomic E-state index is 2.57. The molecule has 18 heavy (non-hydrogen) atoms. The molecule has 1 aliphatic rings. The Labute approximate surface area is 112 Å². The fourth-order valence-electron chi connectivity index (χ4n) is 2.80. The van der Waals surface area contributed by atoms with E-state index in [0.29, 0.717) is 0 Å². The first-order chi connectivity index (χ1) is 8.75. The number of piperidine rings is 1. The van der Waals surface area contributed by atoms with Gasteiger partial charge in [-0.1, -0.05) is 30.3 Å². The fourth-order valence-corrected chi connectivity index (χ4v) is 2.80. The molecule has 1 heterocycles. The van der Waals surface area contributed by atoms with Crippen LogP contribution in [-0.4, -0.2) is 49.6 Å². The summed E-state index contributed by atoms with van der Waals surface area (Å²) in [5.41, 5.74) is 1.47. The lowest BCUT2D eigenvalue weighted by Gasteiger charge is -2.35. The second-order valence-corrected chi connectivity index (χ2v) is 5.60. The predicted molar refractivity (Wildman–Crippen MR) is 77.9 cm³/mol. The SMILES string of the molecule is CN1CCC(N(C)CCCc2ccccc2)CC1. The van der Waals surface area contributed by atoms with Crippen LogP contribution in [0.3, 0.4) is 0 Å². The minimum atomic E-state index is 0.803. The number of likely N-dealkylation sites (tertiary alicyclic amines) is 1. The van der Waals surface area contributed by atoms with E-state index in [1.54, 1.807) is 0 Å². The molecular weight excluding hydrogens is 220 g/mol. The van der Waals surface area contributed by atoms with Crippen LogP contribution in [0, 0.1) is 0 Å². The lowest BCUT2D eigenvalue weighted by atomic mass is 10.0. The van der Waals surface area contributed by atoms with Crippen LogP contribution in [-0.2, 0) is 6.42 Å². The van der Waals surface area contributed by atoms with E-state index in [4.69, 9.17) is 0 Å². The topological polar surface area (TPSA) is 6.48 Å². The van der Waals surface area contributed by atoms with Gasteiger partial charge in [0.2, 0.25) is 0 Å². The van der Waals surface area contributed by atoms with Crippen molar-refractivity contribution in [3.8, 4) is 0 Å². The summed E-state index contributed by atoms with van der Waals surface area (Å²) < 4.78 is 0. The summed E-state index contributed by atoms with van der Waals surface area (Å²) in [4.78, 5) is 5.00. The summed E-state index contributed by atoms with van der Waals surface area (Å²) in [6.45, 7) is 3.74. The highest BCUT2D eigenvalue weighted by molar-refractivity contribution is 5.14. The van der Waals surface area contributed by atoms with Gasteiger partial charge in [0.15, 0.2) is 0 Å². The molecule has 0 bridgehead atoms. The normalized spacial score (nSPS) is 18.4. The summed E-state index contributed by atoms with van der Waals surface area (Å²) in [7, 11) is 4.52. The molecule has 1 saturated heterocycles. The quantitative estimate of drug-likeness (QED) is 0.788. The van der Waals surface area contributed by atoms with Gasteiger partial charge in [-0.15, -0.1) is 0 Å². The molecule has 0 unspecified atom stereocenters. The van der Waals surface area contributed by atoms with Gasteiger partial charge < -0.3 is 9.80 Å². The van der Waals surface area contributed by atoms with Gasteiger partial charge in [-0.05, 0) is 65.0 Å². The molecule has 2 rings (SSSR count). The molecule has 0 aliphatic carbocycles. The number of rotatable bonds is 5. The zero-order valence-corrected chi connectivity index (χ0v) is 11.8. The van der Waals surface area contributed by atoms with Crippen molar-refractivity contribution < 1.29 is 0 Å². The Hall–Kier alpha value is -0.860. The van der Waals surface area contributed by atoms with Crippen molar-refractivity contribution in [2.24, 2.45) is 0 Å². The number of aryl methyl sites for hydroxylation is 1. The van der Waals surface area contributed by atoms with Crippen molar-refractivity contribution in [2.45, 2.75) is 31.7 Å². The molecule has 1 aromatic carbocycles. The largest absolute Gasteiger partial charge is 0.306 e. The Morgan fingerprint density at radius 1 is 1.17 bits per heavy atom. The summed E-state index contributed by atoms with van der Waals surface area (Å²) in [6.07, 6.45) is 5.14. The third kappa shape index (κ3) is 4.11. The second kappa shape index (κ2) is 6.91. The van der Waals surface area contributed by atoms with Crippen LogP contribution >= 0.6 is 0 Å². The molecule has 1 aliphatic heterocycles. The summed E-state index contributed by atoms with van der Waals surface area (Å²) in [5.74, 6) is 0. The van der Waals surface area contributed by atoms with Gasteiger partial charge in [0.05, 0.1) is 0 Å². The first-order valence-electron chi connectivity index (χ1n) is 7.18. The summed E-state index contributed by atoms with van der Waals surface area (Å²) in [6, 6.07) is 11.6. The van der Waals surface area contributed by atoms with E-state index in [-0.39, 0.29) is 0 Å². The van der Waals surface area contributed by atoms with Crippen molar-refractivity contribution in [3.05, 3.63) is 35.9 Å². The molecule has 100 valence electrons. The molecule has 0 spiro atoms. The van der Waals surface area contributed by atoms with E-state index < -0.39 is 0 Å². The van der Waals surface area contributed by atoms with Crippen molar-refractivity contribution in [2.75, 3.05) is 33.7 Å². The van der Waals surface area contributed by atoms with Gasteiger partial charge in [0.1, 0.15) is 0 Å². The van der Waals surface area contributed by atoms with Gasteiger partial charge in [0.25, 0.3) is 0 Å².